The summed E-state index contributed by atoms with van der Waals surface area (Å²) >= 11 is 0. The standard InChI is InChI=1S/C22H19N5O/c1-17-23-14-15-26(17)21-13-12-20(24-25-21)22(28)27(19-10-6-3-7-11-19)16-18-8-4-2-5-9-18/h2-15H,16H2,1H3. The van der Waals surface area contributed by atoms with Crippen molar-refractivity contribution in [1.82, 2.24) is 19.7 Å². The first-order chi connectivity index (χ1) is 13.7. The zero-order valence-corrected chi connectivity index (χ0v) is 15.4. The van der Waals surface area contributed by atoms with Crippen molar-refractivity contribution in [1.29, 1.82) is 0 Å². The Morgan fingerprint density at radius 2 is 1.64 bits per heavy atom. The van der Waals surface area contributed by atoms with E-state index in [2.05, 4.69) is 15.2 Å². The molecule has 0 saturated heterocycles. The molecule has 0 fully saturated rings. The van der Waals surface area contributed by atoms with Crippen LogP contribution in [0.3, 0.4) is 0 Å². The first-order valence-electron chi connectivity index (χ1n) is 8.97. The lowest BCUT2D eigenvalue weighted by molar-refractivity contribution is 0.0979. The maximum Gasteiger partial charge on any atom is 0.279 e. The zero-order chi connectivity index (χ0) is 19.3. The lowest BCUT2D eigenvalue weighted by atomic mass is 10.2. The normalized spacial score (nSPS) is 10.6. The van der Waals surface area contributed by atoms with Gasteiger partial charge < -0.3 is 4.90 Å². The van der Waals surface area contributed by atoms with Crippen LogP contribution in [0.1, 0.15) is 21.9 Å². The third-order valence-electron chi connectivity index (χ3n) is 4.44. The molecule has 0 radical (unpaired) electrons. The predicted octanol–water partition coefficient (Wildman–Crippen LogP) is 3.82. The van der Waals surface area contributed by atoms with Crippen molar-refractivity contribution < 1.29 is 4.79 Å². The van der Waals surface area contributed by atoms with E-state index in [0.717, 1.165) is 17.1 Å². The topological polar surface area (TPSA) is 63.9 Å². The fourth-order valence-electron chi connectivity index (χ4n) is 2.98. The van der Waals surface area contributed by atoms with Crippen molar-refractivity contribution in [2.24, 2.45) is 0 Å². The van der Waals surface area contributed by atoms with Crippen molar-refractivity contribution in [2.45, 2.75) is 13.5 Å². The highest BCUT2D eigenvalue weighted by Gasteiger charge is 2.20. The summed E-state index contributed by atoms with van der Waals surface area (Å²) < 4.78 is 1.82. The smallest absolute Gasteiger partial charge is 0.279 e. The summed E-state index contributed by atoms with van der Waals surface area (Å²) in [5.41, 5.74) is 2.15. The van der Waals surface area contributed by atoms with Crippen molar-refractivity contribution >= 4 is 11.6 Å². The summed E-state index contributed by atoms with van der Waals surface area (Å²) in [6, 6.07) is 22.9. The Hall–Kier alpha value is -3.80. The van der Waals surface area contributed by atoms with Crippen LogP contribution in [0.5, 0.6) is 0 Å². The summed E-state index contributed by atoms with van der Waals surface area (Å²) in [6.07, 6.45) is 3.51. The molecule has 0 atom stereocenters. The van der Waals surface area contributed by atoms with Gasteiger partial charge in [0.2, 0.25) is 0 Å². The van der Waals surface area contributed by atoms with Crippen molar-refractivity contribution in [3.8, 4) is 5.82 Å². The molecule has 2 aromatic carbocycles. The maximum absolute atomic E-state index is 13.2. The maximum atomic E-state index is 13.2. The molecule has 0 N–H and O–H groups in total. The Bertz CT molecular complexity index is 1060. The highest BCUT2D eigenvalue weighted by molar-refractivity contribution is 6.04. The number of nitrogens with zero attached hydrogens (tertiary/aromatic N) is 5. The van der Waals surface area contributed by atoms with Crippen LogP contribution in [0.2, 0.25) is 0 Å². The zero-order valence-electron chi connectivity index (χ0n) is 15.4. The monoisotopic (exact) mass is 369 g/mol. The fraction of sp³-hybridized carbons (Fsp3) is 0.0909. The summed E-state index contributed by atoms with van der Waals surface area (Å²) in [7, 11) is 0. The van der Waals surface area contributed by atoms with Gasteiger partial charge in [-0.3, -0.25) is 9.36 Å². The number of benzene rings is 2. The van der Waals surface area contributed by atoms with E-state index in [1.54, 1.807) is 23.2 Å². The van der Waals surface area contributed by atoms with Gasteiger partial charge in [0, 0.05) is 18.1 Å². The molecule has 4 aromatic rings. The Balaban J connectivity index is 1.64. The van der Waals surface area contributed by atoms with Crippen molar-refractivity contribution in [3.05, 3.63) is 102 Å². The second-order valence-corrected chi connectivity index (χ2v) is 6.33. The third kappa shape index (κ3) is 3.66. The lowest BCUT2D eigenvalue weighted by Crippen LogP contribution is -2.31. The number of imidazole rings is 1. The Morgan fingerprint density at radius 1 is 0.929 bits per heavy atom. The van der Waals surface area contributed by atoms with E-state index in [1.807, 2.05) is 78.4 Å². The van der Waals surface area contributed by atoms with Crippen LogP contribution in [0.25, 0.3) is 5.82 Å². The number of rotatable bonds is 5. The molecule has 0 saturated carbocycles. The minimum absolute atomic E-state index is 0.198. The quantitative estimate of drug-likeness (QED) is 0.536. The van der Waals surface area contributed by atoms with Gasteiger partial charge in [0.25, 0.3) is 5.91 Å². The lowest BCUT2D eigenvalue weighted by Gasteiger charge is -2.22. The summed E-state index contributed by atoms with van der Waals surface area (Å²) in [4.78, 5) is 19.1. The van der Waals surface area contributed by atoms with Crippen LogP contribution in [0.4, 0.5) is 5.69 Å². The minimum atomic E-state index is -0.198. The van der Waals surface area contributed by atoms with Gasteiger partial charge in [-0.2, -0.15) is 0 Å². The molecular weight excluding hydrogens is 350 g/mol. The van der Waals surface area contributed by atoms with Gasteiger partial charge in [0.1, 0.15) is 5.82 Å². The number of hydrogen-bond donors (Lipinski definition) is 0. The first kappa shape index (κ1) is 17.6. The number of aryl methyl sites for hydroxylation is 1. The van der Waals surface area contributed by atoms with E-state index in [9.17, 15) is 4.79 Å². The molecule has 0 spiro atoms. The van der Waals surface area contributed by atoms with Gasteiger partial charge in [-0.05, 0) is 36.8 Å². The van der Waals surface area contributed by atoms with Gasteiger partial charge >= 0.3 is 0 Å². The highest BCUT2D eigenvalue weighted by Crippen LogP contribution is 2.19. The molecule has 28 heavy (non-hydrogen) atoms. The molecule has 0 aliphatic carbocycles. The summed E-state index contributed by atoms with van der Waals surface area (Å²) in [6.45, 7) is 2.34. The SMILES string of the molecule is Cc1nccn1-c1ccc(C(=O)N(Cc2ccccc2)c2ccccc2)nn1. The molecule has 4 rings (SSSR count). The second kappa shape index (κ2) is 7.84. The molecule has 2 heterocycles. The molecule has 6 heteroatoms. The molecule has 6 nitrogen and oxygen atoms in total. The van der Waals surface area contributed by atoms with Crippen LogP contribution >= 0.6 is 0 Å². The molecule has 0 aliphatic heterocycles. The van der Waals surface area contributed by atoms with Gasteiger partial charge in [-0.25, -0.2) is 4.98 Å². The number of aromatic nitrogens is 4. The summed E-state index contributed by atoms with van der Waals surface area (Å²) in [5.74, 6) is 1.24. The van der Waals surface area contributed by atoms with E-state index in [1.165, 1.54) is 0 Å². The number of para-hydroxylation sites is 1. The molecular formula is C22H19N5O. The number of carbonyl (C=O) groups is 1. The minimum Gasteiger partial charge on any atom is -0.303 e. The Kier molecular flexibility index (Phi) is 4.93. The van der Waals surface area contributed by atoms with Crippen LogP contribution in [-0.4, -0.2) is 25.7 Å². The first-order valence-corrected chi connectivity index (χ1v) is 8.97. The molecule has 1 amide bonds. The largest absolute Gasteiger partial charge is 0.303 e. The second-order valence-electron chi connectivity index (χ2n) is 6.33. The van der Waals surface area contributed by atoms with Crippen LogP contribution in [0, 0.1) is 6.92 Å². The molecule has 0 aliphatic rings. The van der Waals surface area contributed by atoms with Crippen molar-refractivity contribution in [2.75, 3.05) is 4.90 Å². The summed E-state index contributed by atoms with van der Waals surface area (Å²) in [5, 5.41) is 8.39. The molecule has 2 aromatic heterocycles. The Morgan fingerprint density at radius 3 is 2.25 bits per heavy atom. The van der Waals surface area contributed by atoms with Crippen molar-refractivity contribution in [3.63, 3.8) is 0 Å². The van der Waals surface area contributed by atoms with Gasteiger partial charge in [-0.15, -0.1) is 10.2 Å². The highest BCUT2D eigenvalue weighted by atomic mass is 16.2. The van der Waals surface area contributed by atoms with Crippen LogP contribution in [-0.2, 0) is 6.54 Å². The third-order valence-corrected chi connectivity index (χ3v) is 4.44. The number of hydrogen-bond acceptors (Lipinski definition) is 4. The van der Waals surface area contributed by atoms with Gasteiger partial charge in [0.05, 0.1) is 6.54 Å². The molecule has 0 bridgehead atoms. The van der Waals surface area contributed by atoms with E-state index < -0.39 is 0 Å². The van der Waals surface area contributed by atoms with Crippen LogP contribution < -0.4 is 4.90 Å². The van der Waals surface area contributed by atoms with Gasteiger partial charge in [0.15, 0.2) is 11.5 Å². The van der Waals surface area contributed by atoms with E-state index in [0.29, 0.717) is 18.1 Å². The van der Waals surface area contributed by atoms with E-state index >= 15 is 0 Å². The molecule has 138 valence electrons. The van der Waals surface area contributed by atoms with Gasteiger partial charge in [-0.1, -0.05) is 48.5 Å². The fourth-order valence-corrected chi connectivity index (χ4v) is 2.98. The van der Waals surface area contributed by atoms with E-state index in [-0.39, 0.29) is 5.91 Å². The number of amides is 1. The predicted molar refractivity (Wildman–Crippen MR) is 107 cm³/mol. The number of carbonyl (C=O) groups excluding carboxylic acids is 1. The molecule has 0 unspecified atom stereocenters. The average molecular weight is 369 g/mol. The number of anilines is 1. The van der Waals surface area contributed by atoms with E-state index in [4.69, 9.17) is 0 Å². The Labute approximate surface area is 163 Å². The average Bonchev–Trinajstić information content (AvgIpc) is 3.19. The van der Waals surface area contributed by atoms with Crippen LogP contribution in [0.15, 0.2) is 85.2 Å².